The van der Waals surface area contributed by atoms with Crippen molar-refractivity contribution in [1.29, 1.82) is 0 Å². The van der Waals surface area contributed by atoms with Crippen LogP contribution < -0.4 is 15.0 Å². The number of anilines is 3. The molecular formula is C23H21F2N3O3. The van der Waals surface area contributed by atoms with Crippen LogP contribution in [0.2, 0.25) is 0 Å². The average Bonchev–Trinajstić information content (AvgIpc) is 3.00. The number of nitrogens with one attached hydrogen (secondary N) is 1. The van der Waals surface area contributed by atoms with Crippen LogP contribution >= 0.6 is 0 Å². The van der Waals surface area contributed by atoms with Crippen LogP contribution in [0.15, 0.2) is 48.7 Å². The molecule has 1 amide bonds. The molecule has 0 spiro atoms. The second-order valence-corrected chi connectivity index (χ2v) is 8.00. The molecular weight excluding hydrogens is 404 g/mol. The number of aromatic hydroxyl groups is 1. The van der Waals surface area contributed by atoms with Crippen molar-refractivity contribution in [2.75, 3.05) is 23.9 Å². The molecule has 1 aliphatic heterocycles. The highest BCUT2D eigenvalue weighted by Crippen LogP contribution is 2.44. The van der Waals surface area contributed by atoms with E-state index in [1.54, 1.807) is 24.3 Å². The molecule has 8 heteroatoms. The second kappa shape index (κ2) is 7.54. The summed E-state index contributed by atoms with van der Waals surface area (Å²) < 4.78 is 32.4. The largest absolute Gasteiger partial charge is 0.502 e. The fourth-order valence-corrected chi connectivity index (χ4v) is 3.74. The van der Waals surface area contributed by atoms with E-state index in [9.17, 15) is 18.7 Å². The average molecular weight is 425 g/mol. The Kier molecular flexibility index (Phi) is 5.00. The fraction of sp³-hybridized carbons (Fsp3) is 0.217. The summed E-state index contributed by atoms with van der Waals surface area (Å²) in [5.41, 5.74) is 1.97. The maximum absolute atomic E-state index is 13.8. The van der Waals surface area contributed by atoms with Gasteiger partial charge in [-0.2, -0.15) is 0 Å². The van der Waals surface area contributed by atoms with Crippen molar-refractivity contribution < 1.29 is 23.4 Å². The van der Waals surface area contributed by atoms with Gasteiger partial charge in [-0.15, -0.1) is 0 Å². The van der Waals surface area contributed by atoms with E-state index in [0.717, 1.165) is 17.3 Å². The maximum atomic E-state index is 13.8. The molecule has 0 bridgehead atoms. The highest BCUT2D eigenvalue weighted by molar-refractivity contribution is 6.04. The van der Waals surface area contributed by atoms with E-state index in [1.165, 1.54) is 25.4 Å². The highest BCUT2D eigenvalue weighted by Gasteiger charge is 2.36. The van der Waals surface area contributed by atoms with Gasteiger partial charge in [0.1, 0.15) is 11.6 Å². The monoisotopic (exact) mass is 425 g/mol. The normalized spacial score (nSPS) is 14.3. The number of benzene rings is 2. The zero-order chi connectivity index (χ0) is 22.3. The van der Waals surface area contributed by atoms with Gasteiger partial charge in [0.15, 0.2) is 17.3 Å². The van der Waals surface area contributed by atoms with E-state index in [2.05, 4.69) is 10.3 Å². The van der Waals surface area contributed by atoms with Crippen molar-refractivity contribution >= 4 is 23.1 Å². The Balaban J connectivity index is 1.55. The lowest BCUT2D eigenvalue weighted by Crippen LogP contribution is -2.25. The number of hydrogen-bond acceptors (Lipinski definition) is 5. The summed E-state index contributed by atoms with van der Waals surface area (Å²) in [6.45, 7) is 4.73. The molecule has 2 aromatic carbocycles. The van der Waals surface area contributed by atoms with E-state index in [4.69, 9.17) is 4.74 Å². The number of phenols is 1. The molecule has 0 unspecified atom stereocenters. The summed E-state index contributed by atoms with van der Waals surface area (Å²) in [7, 11) is 1.27. The first-order chi connectivity index (χ1) is 14.7. The minimum atomic E-state index is -0.954. The van der Waals surface area contributed by atoms with E-state index >= 15 is 0 Å². The number of fused-ring (bicyclic) bond motifs is 1. The number of nitrogens with zero attached hydrogens (tertiary/aromatic N) is 2. The third-order valence-corrected chi connectivity index (χ3v) is 5.32. The summed E-state index contributed by atoms with van der Waals surface area (Å²) in [5.74, 6) is -1.93. The van der Waals surface area contributed by atoms with Gasteiger partial charge in [-0.25, -0.2) is 13.8 Å². The molecule has 0 aliphatic carbocycles. The van der Waals surface area contributed by atoms with Crippen LogP contribution in [0.25, 0.3) is 0 Å². The molecule has 160 valence electrons. The Hall–Kier alpha value is -3.68. The SMILES string of the molecule is COc1cc(C(=O)Nc2ccc(N3CC(C)(C)c4cc(F)ccc43)nc2)cc(F)c1O. The molecule has 1 aliphatic rings. The summed E-state index contributed by atoms with van der Waals surface area (Å²) in [6.07, 6.45) is 1.50. The number of ether oxygens (including phenoxy) is 1. The van der Waals surface area contributed by atoms with Crippen molar-refractivity contribution in [3.63, 3.8) is 0 Å². The van der Waals surface area contributed by atoms with Crippen LogP contribution in [0.1, 0.15) is 29.8 Å². The van der Waals surface area contributed by atoms with Gasteiger partial charge in [0.2, 0.25) is 0 Å². The number of hydrogen-bond donors (Lipinski definition) is 2. The molecule has 0 saturated carbocycles. The number of amides is 1. The Morgan fingerprint density at radius 3 is 2.65 bits per heavy atom. The molecule has 0 saturated heterocycles. The summed E-state index contributed by atoms with van der Waals surface area (Å²) in [6, 6.07) is 10.3. The highest BCUT2D eigenvalue weighted by atomic mass is 19.1. The Morgan fingerprint density at radius 2 is 1.97 bits per heavy atom. The lowest BCUT2D eigenvalue weighted by Gasteiger charge is -2.21. The molecule has 6 nitrogen and oxygen atoms in total. The quantitative estimate of drug-likeness (QED) is 0.631. The van der Waals surface area contributed by atoms with Gasteiger partial charge in [0, 0.05) is 23.2 Å². The Morgan fingerprint density at radius 1 is 1.19 bits per heavy atom. The molecule has 2 N–H and O–H groups in total. The van der Waals surface area contributed by atoms with Gasteiger partial charge in [0.25, 0.3) is 5.91 Å². The van der Waals surface area contributed by atoms with Crippen LogP contribution in [-0.4, -0.2) is 29.7 Å². The molecule has 31 heavy (non-hydrogen) atoms. The van der Waals surface area contributed by atoms with Crippen LogP contribution in [-0.2, 0) is 5.41 Å². The van der Waals surface area contributed by atoms with Crippen molar-refractivity contribution in [1.82, 2.24) is 4.98 Å². The van der Waals surface area contributed by atoms with Crippen LogP contribution in [0.3, 0.4) is 0 Å². The minimum absolute atomic E-state index is 0.00604. The third kappa shape index (κ3) is 3.76. The lowest BCUT2D eigenvalue weighted by molar-refractivity contribution is 0.102. The number of phenolic OH excluding ortho intramolecular Hbond substituents is 1. The van der Waals surface area contributed by atoms with E-state index in [0.29, 0.717) is 18.1 Å². The maximum Gasteiger partial charge on any atom is 0.255 e. The van der Waals surface area contributed by atoms with E-state index < -0.39 is 17.5 Å². The molecule has 2 heterocycles. The van der Waals surface area contributed by atoms with Crippen molar-refractivity contribution in [3.8, 4) is 11.5 Å². The summed E-state index contributed by atoms with van der Waals surface area (Å²) >= 11 is 0. The van der Waals surface area contributed by atoms with Crippen LogP contribution in [0.4, 0.5) is 26.0 Å². The number of rotatable bonds is 4. The third-order valence-electron chi connectivity index (χ3n) is 5.32. The smallest absolute Gasteiger partial charge is 0.255 e. The van der Waals surface area contributed by atoms with Crippen molar-refractivity contribution in [2.45, 2.75) is 19.3 Å². The molecule has 1 aromatic heterocycles. The van der Waals surface area contributed by atoms with Gasteiger partial charge in [-0.3, -0.25) is 4.79 Å². The number of carbonyl (C=O) groups is 1. The molecule has 0 radical (unpaired) electrons. The molecule has 0 atom stereocenters. The Labute approximate surface area is 178 Å². The number of carbonyl (C=O) groups excluding carboxylic acids is 1. The van der Waals surface area contributed by atoms with Gasteiger partial charge in [-0.05, 0) is 48.0 Å². The summed E-state index contributed by atoms with van der Waals surface area (Å²) in [5, 5.41) is 12.2. The first-order valence-corrected chi connectivity index (χ1v) is 9.61. The number of aromatic nitrogens is 1. The topological polar surface area (TPSA) is 74.7 Å². The zero-order valence-electron chi connectivity index (χ0n) is 17.2. The van der Waals surface area contributed by atoms with E-state index in [-0.39, 0.29) is 22.5 Å². The van der Waals surface area contributed by atoms with E-state index in [1.807, 2.05) is 18.7 Å². The van der Waals surface area contributed by atoms with Gasteiger partial charge < -0.3 is 20.1 Å². The standard InChI is InChI=1S/C23H21F2N3O3/c1-23(2)12-28(18-6-4-14(24)10-16(18)23)20-7-5-15(11-26-20)27-22(30)13-8-17(25)21(29)19(9-13)31-3/h4-11,29H,12H2,1-3H3,(H,27,30). The predicted molar refractivity (Wildman–Crippen MR) is 113 cm³/mol. The van der Waals surface area contributed by atoms with Crippen LogP contribution in [0.5, 0.6) is 11.5 Å². The minimum Gasteiger partial charge on any atom is -0.502 e. The van der Waals surface area contributed by atoms with Crippen molar-refractivity contribution in [3.05, 3.63) is 71.4 Å². The number of halogens is 2. The summed E-state index contributed by atoms with van der Waals surface area (Å²) in [4.78, 5) is 18.9. The Bertz CT molecular complexity index is 1160. The second-order valence-electron chi connectivity index (χ2n) is 8.00. The first kappa shape index (κ1) is 20.6. The molecule has 3 aromatic rings. The number of methoxy groups -OCH3 is 1. The van der Waals surface area contributed by atoms with Gasteiger partial charge >= 0.3 is 0 Å². The lowest BCUT2D eigenvalue weighted by atomic mass is 9.87. The number of pyridine rings is 1. The van der Waals surface area contributed by atoms with Crippen LogP contribution in [0, 0.1) is 11.6 Å². The fourth-order valence-electron chi connectivity index (χ4n) is 3.74. The molecule has 0 fully saturated rings. The van der Waals surface area contributed by atoms with Gasteiger partial charge in [0.05, 0.1) is 19.0 Å². The van der Waals surface area contributed by atoms with Crippen molar-refractivity contribution in [2.24, 2.45) is 0 Å². The zero-order valence-corrected chi connectivity index (χ0v) is 17.2. The molecule has 4 rings (SSSR count). The van der Waals surface area contributed by atoms with Gasteiger partial charge in [-0.1, -0.05) is 13.8 Å². The first-order valence-electron chi connectivity index (χ1n) is 9.61. The predicted octanol–water partition coefficient (Wildman–Crippen LogP) is 4.76.